The number of nitrogens with two attached hydrogens (primary N) is 1. The van der Waals surface area contributed by atoms with Crippen LogP contribution in [0.4, 0.5) is 5.95 Å². The molecule has 0 atom stereocenters. The molecule has 2 N–H and O–H groups in total. The summed E-state index contributed by atoms with van der Waals surface area (Å²) in [6, 6.07) is 11.2. The molecule has 3 aromatic rings. The number of nitrogen functional groups attached to an aromatic ring is 1. The van der Waals surface area contributed by atoms with Crippen molar-refractivity contribution in [2.24, 2.45) is 0 Å². The van der Waals surface area contributed by atoms with Gasteiger partial charge in [0.1, 0.15) is 11.3 Å². The summed E-state index contributed by atoms with van der Waals surface area (Å²) in [6.45, 7) is 4.04. The number of ether oxygens (including phenoxy) is 2. The molecular weight excluding hydrogens is 344 g/mol. The van der Waals surface area contributed by atoms with E-state index in [4.69, 9.17) is 20.2 Å². The Morgan fingerprint density at radius 3 is 2.74 bits per heavy atom. The third-order valence-corrected chi connectivity index (χ3v) is 3.91. The molecule has 0 aliphatic rings. The number of carbonyl (C=O) groups excluding carboxylic acids is 1. The van der Waals surface area contributed by atoms with Crippen molar-refractivity contribution in [1.29, 1.82) is 0 Å². The van der Waals surface area contributed by atoms with Crippen molar-refractivity contribution in [3.63, 3.8) is 0 Å². The second-order valence-corrected chi connectivity index (χ2v) is 5.96. The number of nitrogens with zero attached hydrogens (tertiary/aromatic N) is 3. The van der Waals surface area contributed by atoms with Crippen molar-refractivity contribution in [3.05, 3.63) is 42.1 Å². The van der Waals surface area contributed by atoms with Crippen LogP contribution in [-0.2, 0) is 16.0 Å². The van der Waals surface area contributed by atoms with E-state index in [-0.39, 0.29) is 12.6 Å². The summed E-state index contributed by atoms with van der Waals surface area (Å²) >= 11 is 0. The smallest absolute Gasteiger partial charge is 0.344 e. The fraction of sp³-hybridized carbons (Fsp3) is 0.300. The van der Waals surface area contributed by atoms with Gasteiger partial charge in [-0.25, -0.2) is 19.7 Å². The van der Waals surface area contributed by atoms with Crippen molar-refractivity contribution < 1.29 is 14.3 Å². The minimum atomic E-state index is -0.398. The predicted molar refractivity (Wildman–Crippen MR) is 103 cm³/mol. The lowest BCUT2D eigenvalue weighted by atomic mass is 10.1. The molecule has 0 fully saturated rings. The third-order valence-electron chi connectivity index (χ3n) is 3.91. The average Bonchev–Trinajstić information content (AvgIpc) is 2.67. The van der Waals surface area contributed by atoms with Gasteiger partial charge in [0, 0.05) is 5.56 Å². The van der Waals surface area contributed by atoms with Crippen LogP contribution >= 0.6 is 0 Å². The van der Waals surface area contributed by atoms with E-state index >= 15 is 0 Å². The molecule has 0 saturated carbocycles. The van der Waals surface area contributed by atoms with Crippen molar-refractivity contribution in [2.45, 2.75) is 26.7 Å². The lowest BCUT2D eigenvalue weighted by Crippen LogP contribution is -2.14. The van der Waals surface area contributed by atoms with Gasteiger partial charge >= 0.3 is 5.97 Å². The van der Waals surface area contributed by atoms with Gasteiger partial charge in [-0.3, -0.25) is 0 Å². The Hall–Kier alpha value is -3.22. The van der Waals surface area contributed by atoms with E-state index < -0.39 is 5.97 Å². The number of aryl methyl sites for hydroxylation is 1. The Morgan fingerprint density at radius 2 is 1.96 bits per heavy atom. The molecule has 1 aromatic carbocycles. The molecular formula is C20H22N4O3. The van der Waals surface area contributed by atoms with Crippen molar-refractivity contribution in [2.75, 3.05) is 18.9 Å². The summed E-state index contributed by atoms with van der Waals surface area (Å²) in [7, 11) is 0. The highest BCUT2D eigenvalue weighted by molar-refractivity contribution is 5.81. The Kier molecular flexibility index (Phi) is 5.80. The van der Waals surface area contributed by atoms with Gasteiger partial charge < -0.3 is 15.2 Å². The first-order valence-corrected chi connectivity index (χ1v) is 8.92. The first-order valence-electron chi connectivity index (χ1n) is 8.92. The lowest BCUT2D eigenvalue weighted by Gasteiger charge is -2.09. The van der Waals surface area contributed by atoms with Crippen LogP contribution in [0.2, 0.25) is 0 Å². The molecule has 0 spiro atoms. The van der Waals surface area contributed by atoms with Gasteiger partial charge in [0.05, 0.1) is 23.5 Å². The zero-order chi connectivity index (χ0) is 19.2. The summed E-state index contributed by atoms with van der Waals surface area (Å²) in [4.78, 5) is 24.8. The maximum Gasteiger partial charge on any atom is 0.344 e. The number of hydrogen-bond donors (Lipinski definition) is 1. The maximum atomic E-state index is 11.5. The molecule has 27 heavy (non-hydrogen) atoms. The summed E-state index contributed by atoms with van der Waals surface area (Å²) in [6.07, 6.45) is 1.72. The molecule has 3 rings (SSSR count). The van der Waals surface area contributed by atoms with Crippen LogP contribution in [0.1, 0.15) is 26.0 Å². The fourth-order valence-corrected chi connectivity index (χ4v) is 2.76. The molecule has 7 nitrogen and oxygen atoms in total. The largest absolute Gasteiger partial charge is 0.482 e. The fourth-order valence-electron chi connectivity index (χ4n) is 2.76. The summed E-state index contributed by atoms with van der Waals surface area (Å²) in [5, 5.41) is 0. The van der Waals surface area contributed by atoms with Gasteiger partial charge in [-0.05, 0) is 37.6 Å². The van der Waals surface area contributed by atoms with Crippen LogP contribution in [0.3, 0.4) is 0 Å². The van der Waals surface area contributed by atoms with Crippen LogP contribution in [0.25, 0.3) is 22.3 Å². The Morgan fingerprint density at radius 1 is 1.11 bits per heavy atom. The van der Waals surface area contributed by atoms with Gasteiger partial charge in [-0.15, -0.1) is 0 Å². The number of rotatable bonds is 7. The normalized spacial score (nSPS) is 10.7. The van der Waals surface area contributed by atoms with Gasteiger partial charge in [0.15, 0.2) is 6.61 Å². The third kappa shape index (κ3) is 4.49. The van der Waals surface area contributed by atoms with E-state index in [9.17, 15) is 4.79 Å². The van der Waals surface area contributed by atoms with Crippen LogP contribution in [0.5, 0.6) is 5.75 Å². The van der Waals surface area contributed by atoms with Gasteiger partial charge in [0.2, 0.25) is 5.95 Å². The van der Waals surface area contributed by atoms with Gasteiger partial charge in [-0.1, -0.05) is 25.5 Å². The molecule has 0 radical (unpaired) electrons. The molecule has 2 heterocycles. The van der Waals surface area contributed by atoms with E-state index in [2.05, 4.69) is 16.9 Å². The molecule has 0 amide bonds. The second-order valence-electron chi connectivity index (χ2n) is 5.96. The number of anilines is 1. The Balaban J connectivity index is 1.91. The minimum absolute atomic E-state index is 0.129. The standard InChI is InChI=1S/C20H22N4O3/c1-3-6-16-19-17(24-20(21)23-16)10-9-15(22-19)13-7-5-8-14(11-13)27-12-18(25)26-4-2/h5,7-11H,3-4,6,12H2,1-2H3,(H2,21,23,24). The molecule has 0 aliphatic heterocycles. The Labute approximate surface area is 157 Å². The summed E-state index contributed by atoms with van der Waals surface area (Å²) in [5.74, 6) is 0.435. The maximum absolute atomic E-state index is 11.5. The zero-order valence-electron chi connectivity index (χ0n) is 15.4. The highest BCUT2D eigenvalue weighted by Gasteiger charge is 2.10. The van der Waals surface area contributed by atoms with Crippen LogP contribution in [0, 0.1) is 0 Å². The summed E-state index contributed by atoms with van der Waals surface area (Å²) in [5.41, 5.74) is 9.77. The van der Waals surface area contributed by atoms with E-state index in [1.54, 1.807) is 13.0 Å². The first-order chi connectivity index (χ1) is 13.1. The van der Waals surface area contributed by atoms with E-state index in [0.717, 1.165) is 40.8 Å². The number of pyridine rings is 1. The van der Waals surface area contributed by atoms with Crippen LogP contribution < -0.4 is 10.5 Å². The van der Waals surface area contributed by atoms with Crippen LogP contribution in [0.15, 0.2) is 36.4 Å². The molecule has 0 bridgehead atoms. The zero-order valence-corrected chi connectivity index (χ0v) is 15.4. The topological polar surface area (TPSA) is 100 Å². The SMILES string of the molecule is CCCc1nc(N)nc2ccc(-c3cccc(OCC(=O)OCC)c3)nc12. The molecule has 140 valence electrons. The molecule has 2 aromatic heterocycles. The van der Waals surface area contributed by atoms with Gasteiger partial charge in [0.25, 0.3) is 0 Å². The Bertz CT molecular complexity index is 959. The van der Waals surface area contributed by atoms with Crippen LogP contribution in [-0.4, -0.2) is 34.1 Å². The number of hydrogen-bond acceptors (Lipinski definition) is 7. The first kappa shape index (κ1) is 18.6. The quantitative estimate of drug-likeness (QED) is 0.641. The van der Waals surface area contributed by atoms with Crippen molar-refractivity contribution >= 4 is 23.0 Å². The van der Waals surface area contributed by atoms with Crippen molar-refractivity contribution in [1.82, 2.24) is 15.0 Å². The highest BCUT2D eigenvalue weighted by atomic mass is 16.6. The predicted octanol–water partition coefficient (Wildman–Crippen LogP) is 3.17. The van der Waals surface area contributed by atoms with E-state index in [1.807, 2.05) is 30.3 Å². The van der Waals surface area contributed by atoms with Crippen molar-refractivity contribution in [3.8, 4) is 17.0 Å². The number of aromatic nitrogens is 3. The summed E-state index contributed by atoms with van der Waals surface area (Å²) < 4.78 is 10.4. The lowest BCUT2D eigenvalue weighted by molar-refractivity contribution is -0.145. The number of carbonyl (C=O) groups is 1. The number of benzene rings is 1. The molecule has 0 aliphatic carbocycles. The molecule has 0 unspecified atom stereocenters. The monoisotopic (exact) mass is 366 g/mol. The average molecular weight is 366 g/mol. The molecule has 7 heteroatoms. The molecule has 0 saturated heterocycles. The second kappa shape index (κ2) is 8.44. The van der Waals surface area contributed by atoms with Gasteiger partial charge in [-0.2, -0.15) is 0 Å². The van der Waals surface area contributed by atoms with E-state index in [0.29, 0.717) is 12.4 Å². The number of esters is 1. The minimum Gasteiger partial charge on any atom is -0.482 e. The highest BCUT2D eigenvalue weighted by Crippen LogP contribution is 2.25. The van der Waals surface area contributed by atoms with E-state index in [1.165, 1.54) is 0 Å². The number of fused-ring (bicyclic) bond motifs is 1.